The van der Waals surface area contributed by atoms with Gasteiger partial charge in [0.1, 0.15) is 0 Å². The maximum absolute atomic E-state index is 11.7. The summed E-state index contributed by atoms with van der Waals surface area (Å²) in [4.78, 5) is 5.00. The molecule has 0 amide bonds. The minimum Gasteiger partial charge on any atom is -0.481 e. The number of sulfone groups is 1. The standard InChI is InChI=1S/C21H25NO3S/c1-15-8-13-20(22-21(15)25-2)19(14-16-6-4-5-7-16)17-9-11-18(12-10-17)26(3,23)24/h8-14,16H,4-7H2,1-3H3/b19-14-. The Morgan fingerprint density at radius 1 is 1.12 bits per heavy atom. The van der Waals surface area contributed by atoms with E-state index in [1.165, 1.54) is 31.9 Å². The van der Waals surface area contributed by atoms with Crippen molar-refractivity contribution in [2.75, 3.05) is 13.4 Å². The Morgan fingerprint density at radius 2 is 1.77 bits per heavy atom. The number of hydrogen-bond donors (Lipinski definition) is 0. The molecule has 1 aliphatic carbocycles. The Labute approximate surface area is 155 Å². The van der Waals surface area contributed by atoms with Crippen molar-refractivity contribution < 1.29 is 13.2 Å². The Bertz CT molecular complexity index is 909. The van der Waals surface area contributed by atoms with Gasteiger partial charge in [-0.2, -0.15) is 0 Å². The molecule has 0 radical (unpaired) electrons. The SMILES string of the molecule is COc1nc(/C(=C\C2CCCC2)c2ccc(S(C)(=O)=O)cc2)ccc1C. The highest BCUT2D eigenvalue weighted by Crippen LogP contribution is 2.33. The van der Waals surface area contributed by atoms with Crippen LogP contribution in [0.2, 0.25) is 0 Å². The molecule has 1 heterocycles. The first kappa shape index (κ1) is 18.6. The number of methoxy groups -OCH3 is 1. The molecule has 3 rings (SSSR count). The van der Waals surface area contributed by atoms with Crippen LogP contribution >= 0.6 is 0 Å². The minimum atomic E-state index is -3.20. The molecule has 1 aromatic carbocycles. The van der Waals surface area contributed by atoms with Gasteiger partial charge in [0.2, 0.25) is 5.88 Å². The number of benzene rings is 1. The molecule has 1 aromatic heterocycles. The summed E-state index contributed by atoms with van der Waals surface area (Å²) in [7, 11) is -1.58. The molecule has 5 heteroatoms. The van der Waals surface area contributed by atoms with Gasteiger partial charge >= 0.3 is 0 Å². The van der Waals surface area contributed by atoms with E-state index in [4.69, 9.17) is 4.74 Å². The van der Waals surface area contributed by atoms with Crippen LogP contribution in [0.3, 0.4) is 0 Å². The van der Waals surface area contributed by atoms with E-state index in [9.17, 15) is 8.42 Å². The number of rotatable bonds is 5. The number of hydrogen-bond acceptors (Lipinski definition) is 4. The first-order chi connectivity index (χ1) is 12.4. The fourth-order valence-electron chi connectivity index (χ4n) is 3.44. The van der Waals surface area contributed by atoms with Gasteiger partial charge in [0, 0.05) is 17.4 Å². The van der Waals surface area contributed by atoms with Gasteiger partial charge in [0.25, 0.3) is 0 Å². The predicted octanol–water partition coefficient (Wildman–Crippen LogP) is 4.42. The average Bonchev–Trinajstić information content (AvgIpc) is 3.13. The molecule has 1 saturated carbocycles. The zero-order chi connectivity index (χ0) is 18.7. The molecule has 4 nitrogen and oxygen atoms in total. The molecule has 0 atom stereocenters. The number of nitrogens with zero attached hydrogens (tertiary/aromatic N) is 1. The molecule has 138 valence electrons. The molecular weight excluding hydrogens is 346 g/mol. The quantitative estimate of drug-likeness (QED) is 0.780. The van der Waals surface area contributed by atoms with E-state index in [0.29, 0.717) is 16.7 Å². The van der Waals surface area contributed by atoms with Crippen molar-refractivity contribution >= 4 is 15.4 Å². The van der Waals surface area contributed by atoms with Gasteiger partial charge in [-0.3, -0.25) is 0 Å². The lowest BCUT2D eigenvalue weighted by atomic mass is 9.96. The Kier molecular flexibility index (Phi) is 5.47. The smallest absolute Gasteiger partial charge is 0.216 e. The van der Waals surface area contributed by atoms with Crippen LogP contribution in [0.25, 0.3) is 5.57 Å². The van der Waals surface area contributed by atoms with E-state index < -0.39 is 9.84 Å². The van der Waals surface area contributed by atoms with Crippen LogP contribution in [-0.4, -0.2) is 26.8 Å². The molecular formula is C21H25NO3S. The molecule has 0 bridgehead atoms. The summed E-state index contributed by atoms with van der Waals surface area (Å²) in [6, 6.07) is 11.1. The largest absolute Gasteiger partial charge is 0.481 e. The highest BCUT2D eigenvalue weighted by Gasteiger charge is 2.17. The predicted molar refractivity (Wildman–Crippen MR) is 104 cm³/mol. The topological polar surface area (TPSA) is 56.3 Å². The number of aromatic nitrogens is 1. The van der Waals surface area contributed by atoms with Crippen molar-refractivity contribution in [2.24, 2.45) is 5.92 Å². The summed E-state index contributed by atoms with van der Waals surface area (Å²) in [5.41, 5.74) is 3.85. The molecule has 26 heavy (non-hydrogen) atoms. The molecule has 0 aliphatic heterocycles. The lowest BCUT2D eigenvalue weighted by molar-refractivity contribution is 0.394. The van der Waals surface area contributed by atoms with E-state index in [1.807, 2.05) is 31.2 Å². The third-order valence-electron chi connectivity index (χ3n) is 4.92. The number of allylic oxidation sites excluding steroid dienone is 1. The Hall–Kier alpha value is -2.14. The summed E-state index contributed by atoms with van der Waals surface area (Å²) in [6.07, 6.45) is 8.41. The zero-order valence-corrected chi connectivity index (χ0v) is 16.3. The minimum absolute atomic E-state index is 0.330. The van der Waals surface area contributed by atoms with Gasteiger partial charge in [0.15, 0.2) is 9.84 Å². The van der Waals surface area contributed by atoms with Gasteiger partial charge in [-0.05, 0) is 49.4 Å². The van der Waals surface area contributed by atoms with E-state index >= 15 is 0 Å². The van der Waals surface area contributed by atoms with Gasteiger partial charge in [-0.1, -0.05) is 37.1 Å². The molecule has 0 saturated heterocycles. The average molecular weight is 372 g/mol. The van der Waals surface area contributed by atoms with Crippen LogP contribution < -0.4 is 4.74 Å². The second-order valence-electron chi connectivity index (χ2n) is 6.94. The van der Waals surface area contributed by atoms with E-state index in [-0.39, 0.29) is 0 Å². The summed E-state index contributed by atoms with van der Waals surface area (Å²) < 4.78 is 28.9. The van der Waals surface area contributed by atoms with Crippen LogP contribution in [0.1, 0.15) is 42.5 Å². The summed E-state index contributed by atoms with van der Waals surface area (Å²) >= 11 is 0. The number of pyridine rings is 1. The van der Waals surface area contributed by atoms with E-state index in [2.05, 4.69) is 11.1 Å². The molecule has 2 aromatic rings. The molecule has 0 N–H and O–H groups in total. The molecule has 1 aliphatic rings. The van der Waals surface area contributed by atoms with Gasteiger partial charge < -0.3 is 4.74 Å². The van der Waals surface area contributed by atoms with Crippen molar-refractivity contribution in [2.45, 2.75) is 37.5 Å². The maximum atomic E-state index is 11.7. The summed E-state index contributed by atoms with van der Waals surface area (Å²) in [5.74, 6) is 1.15. The zero-order valence-electron chi connectivity index (χ0n) is 15.5. The lowest BCUT2D eigenvalue weighted by Crippen LogP contribution is -2.01. The highest BCUT2D eigenvalue weighted by molar-refractivity contribution is 7.90. The normalized spacial score (nSPS) is 16.0. The first-order valence-corrected chi connectivity index (χ1v) is 10.8. The molecule has 1 fully saturated rings. The summed E-state index contributed by atoms with van der Waals surface area (Å²) in [5, 5.41) is 0. The van der Waals surface area contributed by atoms with Crippen molar-refractivity contribution in [3.05, 3.63) is 59.3 Å². The Morgan fingerprint density at radius 3 is 2.35 bits per heavy atom. The van der Waals surface area contributed by atoms with Crippen molar-refractivity contribution in [1.82, 2.24) is 4.98 Å². The third-order valence-corrected chi connectivity index (χ3v) is 6.04. The third kappa shape index (κ3) is 4.15. The van der Waals surface area contributed by atoms with Crippen LogP contribution in [0.15, 0.2) is 47.4 Å². The van der Waals surface area contributed by atoms with Crippen LogP contribution in [-0.2, 0) is 9.84 Å². The van der Waals surface area contributed by atoms with Crippen LogP contribution in [0.5, 0.6) is 5.88 Å². The maximum Gasteiger partial charge on any atom is 0.216 e. The molecule has 0 unspecified atom stereocenters. The first-order valence-electron chi connectivity index (χ1n) is 8.93. The number of aryl methyl sites for hydroxylation is 1. The number of ether oxygens (including phenoxy) is 1. The van der Waals surface area contributed by atoms with Gasteiger partial charge in [0.05, 0.1) is 17.7 Å². The van der Waals surface area contributed by atoms with Crippen LogP contribution in [0, 0.1) is 12.8 Å². The van der Waals surface area contributed by atoms with E-state index in [1.54, 1.807) is 19.2 Å². The Balaban J connectivity index is 2.06. The highest BCUT2D eigenvalue weighted by atomic mass is 32.2. The van der Waals surface area contributed by atoms with Gasteiger partial charge in [-0.15, -0.1) is 0 Å². The van der Waals surface area contributed by atoms with Crippen molar-refractivity contribution in [3.8, 4) is 5.88 Å². The molecule has 0 spiro atoms. The van der Waals surface area contributed by atoms with E-state index in [0.717, 1.165) is 22.4 Å². The second kappa shape index (κ2) is 7.62. The van der Waals surface area contributed by atoms with Crippen molar-refractivity contribution in [3.63, 3.8) is 0 Å². The fourth-order valence-corrected chi connectivity index (χ4v) is 4.07. The summed E-state index contributed by atoms with van der Waals surface area (Å²) in [6.45, 7) is 1.97. The lowest BCUT2D eigenvalue weighted by Gasteiger charge is -2.13. The van der Waals surface area contributed by atoms with Gasteiger partial charge in [-0.25, -0.2) is 13.4 Å². The fraction of sp³-hybridized carbons (Fsp3) is 0.381. The second-order valence-corrected chi connectivity index (χ2v) is 8.96. The van der Waals surface area contributed by atoms with Crippen molar-refractivity contribution in [1.29, 1.82) is 0 Å². The monoisotopic (exact) mass is 371 g/mol. The van der Waals surface area contributed by atoms with Crippen LogP contribution in [0.4, 0.5) is 0 Å².